The Kier molecular flexibility index (Phi) is 7.87. The number of aliphatic carboxylic acids is 1. The fraction of sp³-hybridized carbons (Fsp3) is 0.714. The Hall–Kier alpha value is -1.52. The number of nitrogens with one attached hydrogen (secondary N) is 2. The van der Waals surface area contributed by atoms with Crippen LogP contribution in [0.15, 0.2) is 11.6 Å². The highest BCUT2D eigenvalue weighted by atomic mass is 16.4. The van der Waals surface area contributed by atoms with Gasteiger partial charge in [-0.2, -0.15) is 0 Å². The fourth-order valence-corrected chi connectivity index (χ4v) is 1.50. The summed E-state index contributed by atoms with van der Waals surface area (Å²) in [4.78, 5) is 21.9. The third kappa shape index (κ3) is 11.3. The summed E-state index contributed by atoms with van der Waals surface area (Å²) in [5.41, 5.74) is 1.08. The molecule has 0 radical (unpaired) electrons. The van der Waals surface area contributed by atoms with Crippen molar-refractivity contribution in [2.75, 3.05) is 13.1 Å². The van der Waals surface area contributed by atoms with Crippen LogP contribution in [-0.2, 0) is 4.79 Å². The first-order valence-corrected chi connectivity index (χ1v) is 6.60. The number of rotatable bonds is 8. The van der Waals surface area contributed by atoms with Crippen molar-refractivity contribution in [2.45, 2.75) is 47.0 Å². The fourth-order valence-electron chi connectivity index (χ4n) is 1.50. The van der Waals surface area contributed by atoms with Crippen molar-refractivity contribution in [1.82, 2.24) is 10.6 Å². The molecule has 2 amide bonds. The Labute approximate surface area is 115 Å². The normalized spacial score (nSPS) is 10.7. The second-order valence-corrected chi connectivity index (χ2v) is 5.73. The second-order valence-electron chi connectivity index (χ2n) is 5.73. The van der Waals surface area contributed by atoms with Gasteiger partial charge < -0.3 is 15.7 Å². The SMILES string of the molecule is CC(C)=CCNC(=O)NCCC(C)(C)CCC(=O)O. The van der Waals surface area contributed by atoms with E-state index in [0.717, 1.165) is 12.0 Å². The molecule has 110 valence electrons. The third-order valence-electron chi connectivity index (χ3n) is 2.88. The van der Waals surface area contributed by atoms with E-state index >= 15 is 0 Å². The maximum absolute atomic E-state index is 11.4. The molecule has 0 atom stereocenters. The lowest BCUT2D eigenvalue weighted by atomic mass is 9.84. The van der Waals surface area contributed by atoms with Crippen molar-refractivity contribution in [2.24, 2.45) is 5.41 Å². The molecule has 0 heterocycles. The Morgan fingerprint density at radius 1 is 1.16 bits per heavy atom. The maximum Gasteiger partial charge on any atom is 0.315 e. The Balaban J connectivity index is 3.79. The van der Waals surface area contributed by atoms with Crippen LogP contribution in [0.25, 0.3) is 0 Å². The average molecular weight is 270 g/mol. The predicted molar refractivity (Wildman–Crippen MR) is 76.1 cm³/mol. The van der Waals surface area contributed by atoms with E-state index in [1.165, 1.54) is 0 Å². The molecule has 5 heteroatoms. The highest BCUT2D eigenvalue weighted by molar-refractivity contribution is 5.73. The number of carboxylic acids is 1. The van der Waals surface area contributed by atoms with Crippen LogP contribution >= 0.6 is 0 Å². The van der Waals surface area contributed by atoms with E-state index < -0.39 is 5.97 Å². The molecule has 0 aromatic heterocycles. The molecule has 0 aromatic rings. The lowest BCUT2D eigenvalue weighted by molar-refractivity contribution is -0.137. The smallest absolute Gasteiger partial charge is 0.315 e. The minimum Gasteiger partial charge on any atom is -0.481 e. The molecule has 3 N–H and O–H groups in total. The number of hydrogen-bond acceptors (Lipinski definition) is 2. The zero-order valence-electron chi connectivity index (χ0n) is 12.4. The van der Waals surface area contributed by atoms with Crippen LogP contribution in [0.2, 0.25) is 0 Å². The molecule has 0 saturated carbocycles. The standard InChI is InChI=1S/C14H26N2O3/c1-11(2)6-9-15-13(19)16-10-8-14(3,4)7-5-12(17)18/h6H,5,7-10H2,1-4H3,(H,17,18)(H2,15,16,19). The van der Waals surface area contributed by atoms with Crippen LogP contribution in [0.3, 0.4) is 0 Å². The van der Waals surface area contributed by atoms with Crippen molar-refractivity contribution in [1.29, 1.82) is 0 Å². The molecule has 0 fully saturated rings. The van der Waals surface area contributed by atoms with Crippen LogP contribution < -0.4 is 10.6 Å². The van der Waals surface area contributed by atoms with Gasteiger partial charge in [0.2, 0.25) is 0 Å². The first kappa shape index (κ1) is 17.5. The van der Waals surface area contributed by atoms with Gasteiger partial charge in [-0.05, 0) is 32.1 Å². The first-order chi connectivity index (χ1) is 8.73. The van der Waals surface area contributed by atoms with Gasteiger partial charge in [-0.3, -0.25) is 4.79 Å². The van der Waals surface area contributed by atoms with Crippen molar-refractivity contribution >= 4 is 12.0 Å². The van der Waals surface area contributed by atoms with Crippen LogP contribution in [0.1, 0.15) is 47.0 Å². The van der Waals surface area contributed by atoms with E-state index in [9.17, 15) is 9.59 Å². The molecule has 0 rings (SSSR count). The Morgan fingerprint density at radius 2 is 1.79 bits per heavy atom. The number of urea groups is 1. The summed E-state index contributed by atoms with van der Waals surface area (Å²) in [6.07, 6.45) is 3.48. The molecular formula is C14H26N2O3. The molecule has 0 saturated heterocycles. The number of carbonyl (C=O) groups excluding carboxylic acids is 1. The highest BCUT2D eigenvalue weighted by Crippen LogP contribution is 2.25. The van der Waals surface area contributed by atoms with Crippen molar-refractivity contribution in [3.05, 3.63) is 11.6 Å². The summed E-state index contributed by atoms with van der Waals surface area (Å²) in [6, 6.07) is -0.188. The molecule has 0 aliphatic heterocycles. The van der Waals surface area contributed by atoms with Gasteiger partial charge in [-0.15, -0.1) is 0 Å². The average Bonchev–Trinajstić information content (AvgIpc) is 2.26. The molecule has 19 heavy (non-hydrogen) atoms. The second kappa shape index (κ2) is 8.56. The number of carboxylic acid groups (broad SMARTS) is 1. The minimum atomic E-state index is -0.777. The van der Waals surface area contributed by atoms with Crippen LogP contribution in [0, 0.1) is 5.41 Å². The summed E-state index contributed by atoms with van der Waals surface area (Å²) < 4.78 is 0. The van der Waals surface area contributed by atoms with Gasteiger partial charge in [0, 0.05) is 19.5 Å². The van der Waals surface area contributed by atoms with Gasteiger partial charge >= 0.3 is 12.0 Å². The van der Waals surface area contributed by atoms with Gasteiger partial charge in [0.1, 0.15) is 0 Å². The van der Waals surface area contributed by atoms with Crippen LogP contribution in [-0.4, -0.2) is 30.2 Å². The van der Waals surface area contributed by atoms with Gasteiger partial charge in [-0.25, -0.2) is 4.79 Å². The zero-order chi connectivity index (χ0) is 14.9. The molecule has 0 bridgehead atoms. The molecule has 0 aliphatic rings. The predicted octanol–water partition coefficient (Wildman–Crippen LogP) is 2.53. The van der Waals surface area contributed by atoms with Gasteiger partial charge in [0.05, 0.1) is 0 Å². The minimum absolute atomic E-state index is 0.0778. The van der Waals surface area contributed by atoms with Gasteiger partial charge in [0.15, 0.2) is 0 Å². The molecule has 5 nitrogen and oxygen atoms in total. The summed E-state index contributed by atoms with van der Waals surface area (Å²) in [5, 5.41) is 14.2. The number of allylic oxidation sites excluding steroid dienone is 1. The zero-order valence-corrected chi connectivity index (χ0v) is 12.4. The Morgan fingerprint density at radius 3 is 2.32 bits per heavy atom. The lowest BCUT2D eigenvalue weighted by Gasteiger charge is -2.23. The largest absolute Gasteiger partial charge is 0.481 e. The Bertz CT molecular complexity index is 332. The van der Waals surface area contributed by atoms with Crippen molar-refractivity contribution in [3.8, 4) is 0 Å². The van der Waals surface area contributed by atoms with Crippen molar-refractivity contribution < 1.29 is 14.7 Å². The maximum atomic E-state index is 11.4. The van der Waals surface area contributed by atoms with Gasteiger partial charge in [-0.1, -0.05) is 25.5 Å². The van der Waals surface area contributed by atoms with Crippen LogP contribution in [0.4, 0.5) is 4.79 Å². The van der Waals surface area contributed by atoms with Crippen molar-refractivity contribution in [3.63, 3.8) is 0 Å². The quantitative estimate of drug-likeness (QED) is 0.593. The topological polar surface area (TPSA) is 78.4 Å². The van der Waals surface area contributed by atoms with E-state index in [4.69, 9.17) is 5.11 Å². The van der Waals surface area contributed by atoms with E-state index in [2.05, 4.69) is 10.6 Å². The van der Waals surface area contributed by atoms with Crippen LogP contribution in [0.5, 0.6) is 0 Å². The first-order valence-electron chi connectivity index (χ1n) is 6.60. The lowest BCUT2D eigenvalue weighted by Crippen LogP contribution is -2.37. The monoisotopic (exact) mass is 270 g/mol. The molecule has 0 spiro atoms. The molecule has 0 aromatic carbocycles. The van der Waals surface area contributed by atoms with E-state index in [-0.39, 0.29) is 17.9 Å². The summed E-state index contributed by atoms with van der Waals surface area (Å²) >= 11 is 0. The number of carbonyl (C=O) groups is 2. The molecule has 0 unspecified atom stereocenters. The summed E-state index contributed by atoms with van der Waals surface area (Å²) in [5.74, 6) is -0.777. The summed E-state index contributed by atoms with van der Waals surface area (Å²) in [7, 11) is 0. The molecule has 0 aliphatic carbocycles. The molecular weight excluding hydrogens is 244 g/mol. The highest BCUT2D eigenvalue weighted by Gasteiger charge is 2.18. The van der Waals surface area contributed by atoms with E-state index in [0.29, 0.717) is 19.5 Å². The number of hydrogen-bond donors (Lipinski definition) is 3. The number of amides is 2. The van der Waals surface area contributed by atoms with E-state index in [1.807, 2.05) is 33.8 Å². The third-order valence-corrected chi connectivity index (χ3v) is 2.88. The van der Waals surface area contributed by atoms with E-state index in [1.54, 1.807) is 0 Å². The summed E-state index contributed by atoms with van der Waals surface area (Å²) in [6.45, 7) is 9.05. The van der Waals surface area contributed by atoms with Gasteiger partial charge in [0.25, 0.3) is 0 Å².